The van der Waals surface area contributed by atoms with E-state index in [1.54, 1.807) is 23.0 Å². The Hall–Kier alpha value is -2.36. The van der Waals surface area contributed by atoms with Crippen molar-refractivity contribution in [3.8, 4) is 0 Å². The van der Waals surface area contributed by atoms with E-state index in [-0.39, 0.29) is 5.91 Å². The van der Waals surface area contributed by atoms with E-state index in [0.717, 1.165) is 24.8 Å². The highest BCUT2D eigenvalue weighted by Gasteiger charge is 1.97. The number of nitrogens with one attached hydrogen (secondary N) is 1. The van der Waals surface area contributed by atoms with E-state index >= 15 is 0 Å². The van der Waals surface area contributed by atoms with Crippen molar-refractivity contribution in [2.24, 2.45) is 7.05 Å². The number of hydrogen-bond donors (Lipinski definition) is 1. The third-order valence-corrected chi connectivity index (χ3v) is 3.19. The second kappa shape index (κ2) is 8.04. The number of nitrogens with zero attached hydrogens (tertiary/aromatic N) is 2. The van der Waals surface area contributed by atoms with Gasteiger partial charge in [0, 0.05) is 31.4 Å². The first kappa shape index (κ1) is 15.0. The molecule has 1 N–H and O–H groups in total. The van der Waals surface area contributed by atoms with Gasteiger partial charge in [-0.3, -0.25) is 9.48 Å². The zero-order valence-corrected chi connectivity index (χ0v) is 12.3. The molecule has 110 valence electrons. The molecule has 2 rings (SSSR count). The van der Waals surface area contributed by atoms with Crippen LogP contribution in [0.1, 0.15) is 24.0 Å². The van der Waals surface area contributed by atoms with E-state index in [1.165, 1.54) is 5.56 Å². The molecular formula is C17H21N3O. The van der Waals surface area contributed by atoms with E-state index in [2.05, 4.69) is 34.7 Å². The second-order valence-electron chi connectivity index (χ2n) is 5.01. The Kier molecular flexibility index (Phi) is 5.76. The number of carbonyl (C=O) groups excluding carboxylic acids is 1. The predicted molar refractivity (Wildman–Crippen MR) is 84.6 cm³/mol. The molecule has 1 heterocycles. The van der Waals surface area contributed by atoms with Crippen LogP contribution >= 0.6 is 0 Å². The number of aryl methyl sites for hydroxylation is 2. The van der Waals surface area contributed by atoms with Gasteiger partial charge in [0.25, 0.3) is 0 Å². The summed E-state index contributed by atoms with van der Waals surface area (Å²) in [7, 11) is 1.85. The fourth-order valence-corrected chi connectivity index (χ4v) is 2.07. The van der Waals surface area contributed by atoms with Crippen LogP contribution in [0.3, 0.4) is 0 Å². The lowest BCUT2D eigenvalue weighted by Crippen LogP contribution is -2.22. The molecule has 0 saturated carbocycles. The van der Waals surface area contributed by atoms with Crippen molar-refractivity contribution in [3.63, 3.8) is 0 Å². The SMILES string of the molecule is Cn1cc(C=CC(=O)NCCCCc2ccccc2)cn1. The Morgan fingerprint density at radius 2 is 2.10 bits per heavy atom. The van der Waals surface area contributed by atoms with E-state index in [9.17, 15) is 4.79 Å². The summed E-state index contributed by atoms with van der Waals surface area (Å²) in [5.41, 5.74) is 2.28. The number of benzene rings is 1. The highest BCUT2D eigenvalue weighted by atomic mass is 16.1. The molecule has 0 atom stereocenters. The van der Waals surface area contributed by atoms with Gasteiger partial charge in [-0.1, -0.05) is 30.3 Å². The minimum Gasteiger partial charge on any atom is -0.353 e. The third-order valence-electron chi connectivity index (χ3n) is 3.19. The molecule has 0 aliphatic rings. The van der Waals surface area contributed by atoms with Gasteiger partial charge in [-0.15, -0.1) is 0 Å². The standard InChI is InChI=1S/C17H21N3O/c1-20-14-16(13-19-20)10-11-17(21)18-12-6-5-9-15-7-3-2-4-8-15/h2-4,7-8,10-11,13-14H,5-6,9,12H2,1H3,(H,18,21). The maximum absolute atomic E-state index is 11.6. The fourth-order valence-electron chi connectivity index (χ4n) is 2.07. The molecule has 0 fully saturated rings. The van der Waals surface area contributed by atoms with Crippen LogP contribution in [0.2, 0.25) is 0 Å². The Labute approximate surface area is 125 Å². The Morgan fingerprint density at radius 1 is 1.29 bits per heavy atom. The molecular weight excluding hydrogens is 262 g/mol. The molecule has 0 bridgehead atoms. The molecule has 4 heteroatoms. The molecule has 4 nitrogen and oxygen atoms in total. The Balaban J connectivity index is 1.60. The molecule has 0 aliphatic carbocycles. The number of unbranched alkanes of at least 4 members (excludes halogenated alkanes) is 1. The average Bonchev–Trinajstić information content (AvgIpc) is 2.91. The molecule has 0 unspecified atom stereocenters. The summed E-state index contributed by atoms with van der Waals surface area (Å²) in [6, 6.07) is 10.4. The zero-order valence-electron chi connectivity index (χ0n) is 12.3. The lowest BCUT2D eigenvalue weighted by Gasteiger charge is -2.03. The maximum Gasteiger partial charge on any atom is 0.244 e. The zero-order chi connectivity index (χ0) is 14.9. The number of rotatable bonds is 7. The summed E-state index contributed by atoms with van der Waals surface area (Å²) in [6.45, 7) is 0.711. The first-order chi connectivity index (χ1) is 10.2. The van der Waals surface area contributed by atoms with Gasteiger partial charge in [0.05, 0.1) is 6.20 Å². The molecule has 0 aliphatic heterocycles. The van der Waals surface area contributed by atoms with E-state index in [4.69, 9.17) is 0 Å². The predicted octanol–water partition coefficient (Wildman–Crippen LogP) is 2.57. The van der Waals surface area contributed by atoms with Crippen molar-refractivity contribution < 1.29 is 4.79 Å². The normalized spacial score (nSPS) is 10.9. The van der Waals surface area contributed by atoms with Gasteiger partial charge in [0.1, 0.15) is 0 Å². The number of carbonyl (C=O) groups is 1. The summed E-state index contributed by atoms with van der Waals surface area (Å²) in [5.74, 6) is -0.0569. The smallest absolute Gasteiger partial charge is 0.244 e. The third kappa shape index (κ3) is 5.65. The van der Waals surface area contributed by atoms with Crippen molar-refractivity contribution in [2.75, 3.05) is 6.54 Å². The van der Waals surface area contributed by atoms with Crippen molar-refractivity contribution >= 4 is 12.0 Å². The lowest BCUT2D eigenvalue weighted by molar-refractivity contribution is -0.116. The molecule has 1 aromatic carbocycles. The largest absolute Gasteiger partial charge is 0.353 e. The molecule has 21 heavy (non-hydrogen) atoms. The van der Waals surface area contributed by atoms with Crippen LogP contribution in [-0.4, -0.2) is 22.2 Å². The van der Waals surface area contributed by atoms with Gasteiger partial charge < -0.3 is 5.32 Å². The van der Waals surface area contributed by atoms with Crippen LogP contribution in [0, 0.1) is 0 Å². The van der Waals surface area contributed by atoms with Crippen LogP contribution in [0.15, 0.2) is 48.8 Å². The fraction of sp³-hybridized carbons (Fsp3) is 0.294. The molecule has 0 saturated heterocycles. The molecule has 1 aromatic heterocycles. The van der Waals surface area contributed by atoms with Crippen molar-refractivity contribution in [1.82, 2.24) is 15.1 Å². The molecule has 0 radical (unpaired) electrons. The van der Waals surface area contributed by atoms with Crippen LogP contribution in [0.4, 0.5) is 0 Å². The average molecular weight is 283 g/mol. The first-order valence-corrected chi connectivity index (χ1v) is 7.22. The minimum atomic E-state index is -0.0569. The number of amides is 1. The van der Waals surface area contributed by atoms with Gasteiger partial charge in [-0.05, 0) is 30.9 Å². The Morgan fingerprint density at radius 3 is 2.81 bits per heavy atom. The Bertz CT molecular complexity index is 587. The van der Waals surface area contributed by atoms with Gasteiger partial charge in [0.15, 0.2) is 0 Å². The quantitative estimate of drug-likeness (QED) is 0.627. The number of hydrogen-bond acceptors (Lipinski definition) is 2. The van der Waals surface area contributed by atoms with Gasteiger partial charge >= 0.3 is 0 Å². The van der Waals surface area contributed by atoms with Crippen LogP contribution in [-0.2, 0) is 18.3 Å². The minimum absolute atomic E-state index is 0.0569. The highest BCUT2D eigenvalue weighted by Crippen LogP contribution is 2.04. The maximum atomic E-state index is 11.6. The van der Waals surface area contributed by atoms with Crippen LogP contribution < -0.4 is 5.32 Å². The van der Waals surface area contributed by atoms with Crippen LogP contribution in [0.5, 0.6) is 0 Å². The molecule has 0 spiro atoms. The summed E-state index contributed by atoms with van der Waals surface area (Å²) in [6.07, 6.45) is 10.0. The summed E-state index contributed by atoms with van der Waals surface area (Å²) >= 11 is 0. The topological polar surface area (TPSA) is 46.9 Å². The monoisotopic (exact) mass is 283 g/mol. The summed E-state index contributed by atoms with van der Waals surface area (Å²) < 4.78 is 1.71. The van der Waals surface area contributed by atoms with Crippen LogP contribution in [0.25, 0.3) is 6.08 Å². The van der Waals surface area contributed by atoms with Gasteiger partial charge in [-0.25, -0.2) is 0 Å². The van der Waals surface area contributed by atoms with Crippen molar-refractivity contribution in [2.45, 2.75) is 19.3 Å². The molecule has 2 aromatic rings. The van der Waals surface area contributed by atoms with Gasteiger partial charge in [-0.2, -0.15) is 5.10 Å². The summed E-state index contributed by atoms with van der Waals surface area (Å²) in [5, 5.41) is 6.94. The van der Waals surface area contributed by atoms with Gasteiger partial charge in [0.2, 0.25) is 5.91 Å². The van der Waals surface area contributed by atoms with E-state index in [1.807, 2.05) is 19.3 Å². The highest BCUT2D eigenvalue weighted by molar-refractivity contribution is 5.91. The van der Waals surface area contributed by atoms with E-state index < -0.39 is 0 Å². The summed E-state index contributed by atoms with van der Waals surface area (Å²) in [4.78, 5) is 11.6. The number of aromatic nitrogens is 2. The van der Waals surface area contributed by atoms with Crippen molar-refractivity contribution in [1.29, 1.82) is 0 Å². The van der Waals surface area contributed by atoms with Crippen molar-refractivity contribution in [3.05, 3.63) is 59.9 Å². The second-order valence-corrected chi connectivity index (χ2v) is 5.01. The molecule has 1 amide bonds. The van der Waals surface area contributed by atoms with E-state index in [0.29, 0.717) is 6.54 Å². The first-order valence-electron chi connectivity index (χ1n) is 7.22. The lowest BCUT2D eigenvalue weighted by atomic mass is 10.1.